The van der Waals surface area contributed by atoms with E-state index in [9.17, 15) is 14.0 Å². The van der Waals surface area contributed by atoms with Gasteiger partial charge in [-0.15, -0.1) is 0 Å². The number of urea groups is 1. The Morgan fingerprint density at radius 1 is 1.19 bits per heavy atom. The molecule has 0 spiro atoms. The summed E-state index contributed by atoms with van der Waals surface area (Å²) < 4.78 is 19.1. The number of fused-ring (bicyclic) bond motifs is 2. The summed E-state index contributed by atoms with van der Waals surface area (Å²) in [5, 5.41) is 4.95. The summed E-state index contributed by atoms with van der Waals surface area (Å²) in [7, 11) is 1.47. The van der Waals surface area contributed by atoms with Crippen LogP contribution < -0.4 is 15.0 Å². The Kier molecular flexibility index (Phi) is 5.21. The third kappa shape index (κ3) is 3.37. The van der Waals surface area contributed by atoms with Gasteiger partial charge in [-0.05, 0) is 31.2 Å². The molecule has 1 N–H and O–H groups in total. The molecule has 0 radical (unpaired) electrons. The van der Waals surface area contributed by atoms with Gasteiger partial charge < -0.3 is 10.1 Å². The summed E-state index contributed by atoms with van der Waals surface area (Å²) >= 11 is 6.35. The number of carbonyl (C=O) groups is 2. The maximum atomic E-state index is 13.8. The number of amides is 3. The smallest absolute Gasteiger partial charge is 0.329 e. The van der Waals surface area contributed by atoms with Gasteiger partial charge in [0, 0.05) is 34.6 Å². The zero-order chi connectivity index (χ0) is 22.4. The van der Waals surface area contributed by atoms with Crippen molar-refractivity contribution in [1.29, 1.82) is 0 Å². The molecule has 3 unspecified atom stereocenters. The zero-order valence-electron chi connectivity index (χ0n) is 17.3. The highest BCUT2D eigenvalue weighted by Gasteiger charge is 2.46. The van der Waals surface area contributed by atoms with Gasteiger partial charge >= 0.3 is 6.03 Å². The molecule has 2 aliphatic rings. The monoisotopic (exact) mass is 453 g/mol. The Balaban J connectivity index is 1.44. The second-order valence-electron chi connectivity index (χ2n) is 8.23. The first-order chi connectivity index (χ1) is 15.5. The Hall–Kier alpha value is -3.19. The lowest BCUT2D eigenvalue weighted by Crippen LogP contribution is -2.61. The highest BCUT2D eigenvalue weighted by Crippen LogP contribution is 2.45. The number of rotatable bonds is 3. The third-order valence-corrected chi connectivity index (χ3v) is 6.79. The lowest BCUT2D eigenvalue weighted by atomic mass is 9.74. The maximum Gasteiger partial charge on any atom is 0.329 e. The number of carbonyl (C=O) groups excluding carboxylic acids is 2. The van der Waals surface area contributed by atoms with Crippen LogP contribution in [0, 0.1) is 11.7 Å². The summed E-state index contributed by atoms with van der Waals surface area (Å²) in [5.74, 6) is -0.723. The van der Waals surface area contributed by atoms with Crippen LogP contribution in [0.25, 0.3) is 10.8 Å². The lowest BCUT2D eigenvalue weighted by molar-refractivity contribution is -0.124. The Morgan fingerprint density at radius 3 is 2.81 bits per heavy atom. The molecule has 1 aromatic heterocycles. The molecule has 2 heterocycles. The maximum absolute atomic E-state index is 13.8. The minimum absolute atomic E-state index is 0.0572. The molecule has 6 nitrogen and oxygen atoms in total. The van der Waals surface area contributed by atoms with Crippen molar-refractivity contribution in [2.45, 2.75) is 31.2 Å². The first kappa shape index (κ1) is 20.7. The van der Waals surface area contributed by atoms with E-state index in [1.807, 2.05) is 24.3 Å². The number of hydrogen-bond acceptors (Lipinski definition) is 4. The molecule has 5 rings (SSSR count). The fourth-order valence-electron chi connectivity index (χ4n) is 5.01. The van der Waals surface area contributed by atoms with Crippen LogP contribution >= 0.6 is 11.6 Å². The van der Waals surface area contributed by atoms with Crippen LogP contribution in [-0.2, 0) is 4.79 Å². The van der Waals surface area contributed by atoms with Crippen molar-refractivity contribution < 1.29 is 18.7 Å². The van der Waals surface area contributed by atoms with Crippen molar-refractivity contribution in [3.63, 3.8) is 0 Å². The largest absolute Gasteiger partial charge is 0.496 e. The van der Waals surface area contributed by atoms with E-state index in [1.165, 1.54) is 24.1 Å². The van der Waals surface area contributed by atoms with Crippen LogP contribution in [0.2, 0.25) is 5.02 Å². The molecule has 1 aliphatic heterocycles. The number of benzene rings is 2. The topological polar surface area (TPSA) is 71.5 Å². The number of imide groups is 1. The number of anilines is 1. The van der Waals surface area contributed by atoms with Gasteiger partial charge in [0.25, 0.3) is 0 Å². The molecular formula is C24H21ClFN3O3. The number of methoxy groups -OCH3 is 1. The molecule has 1 saturated carbocycles. The predicted molar refractivity (Wildman–Crippen MR) is 120 cm³/mol. The van der Waals surface area contributed by atoms with Crippen molar-refractivity contribution >= 4 is 40.0 Å². The first-order valence-corrected chi connectivity index (χ1v) is 10.9. The van der Waals surface area contributed by atoms with E-state index < -0.39 is 11.8 Å². The summed E-state index contributed by atoms with van der Waals surface area (Å²) in [4.78, 5) is 31.9. The zero-order valence-corrected chi connectivity index (χ0v) is 18.1. The van der Waals surface area contributed by atoms with Crippen molar-refractivity contribution in [3.05, 3.63) is 65.2 Å². The molecule has 2 aromatic carbocycles. The van der Waals surface area contributed by atoms with E-state index in [-0.39, 0.29) is 23.8 Å². The van der Waals surface area contributed by atoms with E-state index in [0.29, 0.717) is 35.7 Å². The third-order valence-electron chi connectivity index (χ3n) is 6.47. The second kappa shape index (κ2) is 8.06. The molecule has 8 heteroatoms. The molecule has 3 amide bonds. The van der Waals surface area contributed by atoms with Gasteiger partial charge in [-0.1, -0.05) is 35.9 Å². The molecular weight excluding hydrogens is 433 g/mol. The van der Waals surface area contributed by atoms with Crippen LogP contribution in [0.4, 0.5) is 14.9 Å². The van der Waals surface area contributed by atoms with E-state index >= 15 is 0 Å². The van der Waals surface area contributed by atoms with Gasteiger partial charge in [0.15, 0.2) is 0 Å². The summed E-state index contributed by atoms with van der Waals surface area (Å²) in [5.41, 5.74) is 1.20. The molecule has 1 aliphatic carbocycles. The molecule has 3 aromatic rings. The van der Waals surface area contributed by atoms with E-state index in [0.717, 1.165) is 16.3 Å². The summed E-state index contributed by atoms with van der Waals surface area (Å²) in [6, 6.07) is 9.30. The summed E-state index contributed by atoms with van der Waals surface area (Å²) in [6.45, 7) is 0. The van der Waals surface area contributed by atoms with Crippen LogP contribution in [-0.4, -0.2) is 30.1 Å². The quantitative estimate of drug-likeness (QED) is 0.602. The number of ether oxygens (including phenoxy) is 1. The number of pyridine rings is 1. The van der Waals surface area contributed by atoms with E-state index in [2.05, 4.69) is 10.3 Å². The Labute approximate surface area is 189 Å². The van der Waals surface area contributed by atoms with E-state index in [4.69, 9.17) is 16.3 Å². The van der Waals surface area contributed by atoms with Crippen LogP contribution in [0.5, 0.6) is 5.75 Å². The molecule has 1 saturated heterocycles. The van der Waals surface area contributed by atoms with Gasteiger partial charge in [-0.3, -0.25) is 9.78 Å². The number of aromatic nitrogens is 1. The van der Waals surface area contributed by atoms with Gasteiger partial charge in [-0.25, -0.2) is 14.1 Å². The second-order valence-corrected chi connectivity index (χ2v) is 8.64. The van der Waals surface area contributed by atoms with Crippen LogP contribution in [0.15, 0.2) is 48.8 Å². The minimum atomic E-state index is -0.468. The van der Waals surface area contributed by atoms with Crippen molar-refractivity contribution in [3.8, 4) is 5.75 Å². The molecule has 3 atom stereocenters. The first-order valence-electron chi connectivity index (χ1n) is 10.5. The van der Waals surface area contributed by atoms with Gasteiger partial charge in [0.1, 0.15) is 11.6 Å². The number of nitrogens with zero attached hydrogens (tertiary/aromatic N) is 2. The van der Waals surface area contributed by atoms with Crippen molar-refractivity contribution in [2.24, 2.45) is 5.92 Å². The van der Waals surface area contributed by atoms with E-state index in [1.54, 1.807) is 12.4 Å². The summed E-state index contributed by atoms with van der Waals surface area (Å²) in [6.07, 6.45) is 5.02. The van der Waals surface area contributed by atoms with Crippen molar-refractivity contribution in [1.82, 2.24) is 10.3 Å². The average Bonchev–Trinajstić information content (AvgIpc) is 2.78. The number of halogens is 2. The fraction of sp³-hybridized carbons (Fsp3) is 0.292. The predicted octanol–water partition coefficient (Wildman–Crippen LogP) is 5.04. The average molecular weight is 454 g/mol. The standard InChI is InChI=1S/C24H21ClFN3O3/c1-32-21-10-15(26)9-18(25)22(21)13-6-7-17-19(8-13)28-24(31)29(23(17)30)20-12-27-11-14-4-2-3-5-16(14)20/h2-5,9-13,17,19H,6-8H2,1H3,(H,28,31). The molecule has 164 valence electrons. The number of nitrogens with one attached hydrogen (secondary N) is 1. The Morgan fingerprint density at radius 2 is 2.00 bits per heavy atom. The SMILES string of the molecule is COc1cc(F)cc(Cl)c1C1CCC2C(=O)N(c3cncc4ccccc34)C(=O)NC2C1. The minimum Gasteiger partial charge on any atom is -0.496 e. The van der Waals surface area contributed by atoms with Gasteiger partial charge in [0.2, 0.25) is 5.91 Å². The van der Waals surface area contributed by atoms with Crippen molar-refractivity contribution in [2.75, 3.05) is 12.0 Å². The van der Waals surface area contributed by atoms with Gasteiger partial charge in [-0.2, -0.15) is 0 Å². The Bertz CT molecular complexity index is 1230. The molecule has 0 bridgehead atoms. The van der Waals surface area contributed by atoms with Gasteiger partial charge in [0.05, 0.1) is 29.9 Å². The highest BCUT2D eigenvalue weighted by molar-refractivity contribution is 6.31. The molecule has 32 heavy (non-hydrogen) atoms. The van der Waals surface area contributed by atoms with Crippen LogP contribution in [0.1, 0.15) is 30.7 Å². The number of hydrogen-bond donors (Lipinski definition) is 1. The molecule has 2 fully saturated rings. The highest BCUT2D eigenvalue weighted by atomic mass is 35.5. The normalized spacial score (nSPS) is 23.1. The lowest BCUT2D eigenvalue weighted by Gasteiger charge is -2.42. The fourth-order valence-corrected chi connectivity index (χ4v) is 5.36. The van der Waals surface area contributed by atoms with Crippen LogP contribution in [0.3, 0.4) is 0 Å².